The lowest BCUT2D eigenvalue weighted by atomic mass is 10.1. The molecule has 2 aromatic carbocycles. The van der Waals surface area contributed by atoms with Crippen molar-refractivity contribution in [1.29, 1.82) is 0 Å². The van der Waals surface area contributed by atoms with Gasteiger partial charge in [-0.1, -0.05) is 23.7 Å². The molecule has 0 bridgehead atoms. The normalized spacial score (nSPS) is 11.1. The number of rotatable bonds is 7. The highest BCUT2D eigenvalue weighted by Gasteiger charge is 2.33. The summed E-state index contributed by atoms with van der Waals surface area (Å²) in [5, 5.41) is 11.6. The van der Waals surface area contributed by atoms with E-state index in [9.17, 15) is 28.1 Å². The van der Waals surface area contributed by atoms with E-state index in [-0.39, 0.29) is 11.4 Å². The molecule has 0 aliphatic rings. The fraction of sp³-hybridized carbons (Fsp3) is 0.188. The minimum Gasteiger partial charge on any atom is -0.292 e. The number of nitro benzene ring substituents is 1. The third kappa shape index (κ3) is 6.33. The van der Waals surface area contributed by atoms with Crippen molar-refractivity contribution >= 4 is 40.6 Å². The van der Waals surface area contributed by atoms with Crippen molar-refractivity contribution in [3.63, 3.8) is 0 Å². The van der Waals surface area contributed by atoms with Crippen molar-refractivity contribution in [3.8, 4) is 0 Å². The van der Waals surface area contributed by atoms with Gasteiger partial charge in [0.05, 0.1) is 16.2 Å². The first-order chi connectivity index (χ1) is 12.7. The Morgan fingerprint density at radius 2 is 1.85 bits per heavy atom. The van der Waals surface area contributed by atoms with Crippen molar-refractivity contribution in [3.05, 3.63) is 68.7 Å². The minimum absolute atomic E-state index is 0.0457. The van der Waals surface area contributed by atoms with E-state index >= 15 is 0 Å². The summed E-state index contributed by atoms with van der Waals surface area (Å²) in [6.07, 6.45) is -4.70. The Morgan fingerprint density at radius 1 is 1.19 bits per heavy atom. The third-order valence-corrected chi connectivity index (χ3v) is 4.53. The summed E-state index contributed by atoms with van der Waals surface area (Å²) >= 11 is 7.07. The molecule has 0 atom stereocenters. The van der Waals surface area contributed by atoms with E-state index in [1.165, 1.54) is 11.8 Å². The molecule has 0 radical (unpaired) electrons. The van der Waals surface area contributed by atoms with Gasteiger partial charge in [-0.25, -0.2) is 0 Å². The van der Waals surface area contributed by atoms with Crippen LogP contribution in [0.5, 0.6) is 0 Å². The van der Waals surface area contributed by atoms with Gasteiger partial charge in [0.1, 0.15) is 5.69 Å². The molecule has 2 rings (SSSR count). The van der Waals surface area contributed by atoms with Crippen molar-refractivity contribution < 1.29 is 22.9 Å². The van der Waals surface area contributed by atoms with Crippen LogP contribution < -0.4 is 10.9 Å². The van der Waals surface area contributed by atoms with Crippen LogP contribution in [0.25, 0.3) is 0 Å². The van der Waals surface area contributed by atoms with Crippen LogP contribution >= 0.6 is 23.4 Å². The molecule has 2 N–H and O–H groups in total. The molecule has 0 unspecified atom stereocenters. The quantitative estimate of drug-likeness (QED) is 0.504. The highest BCUT2D eigenvalue weighted by atomic mass is 35.5. The maximum absolute atomic E-state index is 12.7. The number of nitro groups is 1. The summed E-state index contributed by atoms with van der Waals surface area (Å²) in [4.78, 5) is 21.8. The zero-order valence-electron chi connectivity index (χ0n) is 13.5. The summed E-state index contributed by atoms with van der Waals surface area (Å²) in [6.45, 7) is 0. The van der Waals surface area contributed by atoms with Crippen molar-refractivity contribution in [1.82, 2.24) is 5.43 Å². The zero-order chi connectivity index (χ0) is 20.0. The molecule has 2 aromatic rings. The summed E-state index contributed by atoms with van der Waals surface area (Å²) in [5.74, 6) is 0.109. The second kappa shape index (κ2) is 8.96. The number of benzene rings is 2. The number of hydrogen-bond acceptors (Lipinski definition) is 5. The molecular weight excluding hydrogens is 407 g/mol. The lowest BCUT2D eigenvalue weighted by molar-refractivity contribution is -0.384. The molecule has 0 heterocycles. The SMILES string of the molecule is O=C(CSCc1ccc(Cl)cc1)NNc1ccc(C(F)(F)F)cc1[N+](=O)[O-]. The second-order valence-corrected chi connectivity index (χ2v) is 6.70. The Balaban J connectivity index is 1.90. The number of alkyl halides is 3. The van der Waals surface area contributed by atoms with Crippen LogP contribution in [0, 0.1) is 10.1 Å². The summed E-state index contributed by atoms with van der Waals surface area (Å²) in [5.41, 5.74) is 3.30. The fourth-order valence-corrected chi connectivity index (χ4v) is 2.89. The largest absolute Gasteiger partial charge is 0.416 e. The summed E-state index contributed by atoms with van der Waals surface area (Å²) < 4.78 is 38.0. The zero-order valence-corrected chi connectivity index (χ0v) is 15.1. The Hall–Kier alpha value is -2.46. The first-order valence-corrected chi connectivity index (χ1v) is 8.93. The van der Waals surface area contributed by atoms with Crippen LogP contribution in [0.3, 0.4) is 0 Å². The maximum atomic E-state index is 12.7. The number of carbonyl (C=O) groups is 1. The molecule has 1 amide bonds. The van der Waals surface area contributed by atoms with Gasteiger partial charge in [-0.2, -0.15) is 13.2 Å². The highest BCUT2D eigenvalue weighted by molar-refractivity contribution is 7.99. The van der Waals surface area contributed by atoms with Gasteiger partial charge in [0.25, 0.3) is 5.69 Å². The van der Waals surface area contributed by atoms with Crippen LogP contribution in [-0.2, 0) is 16.7 Å². The predicted molar refractivity (Wildman–Crippen MR) is 97.5 cm³/mol. The number of thioether (sulfide) groups is 1. The lowest BCUT2D eigenvalue weighted by Gasteiger charge is -2.11. The Kier molecular flexibility index (Phi) is 6.92. The molecule has 27 heavy (non-hydrogen) atoms. The van der Waals surface area contributed by atoms with E-state index in [2.05, 4.69) is 10.9 Å². The monoisotopic (exact) mass is 419 g/mol. The highest BCUT2D eigenvalue weighted by Crippen LogP contribution is 2.34. The molecule has 0 saturated carbocycles. The van der Waals surface area contributed by atoms with E-state index in [4.69, 9.17) is 11.6 Å². The number of hydrogen-bond donors (Lipinski definition) is 2. The first kappa shape index (κ1) is 20.8. The second-order valence-electron chi connectivity index (χ2n) is 5.28. The number of nitrogens with one attached hydrogen (secondary N) is 2. The van der Waals surface area contributed by atoms with Gasteiger partial charge < -0.3 is 0 Å². The average Bonchev–Trinajstić information content (AvgIpc) is 2.60. The Morgan fingerprint density at radius 3 is 2.44 bits per heavy atom. The van der Waals surface area contributed by atoms with Gasteiger partial charge >= 0.3 is 6.18 Å². The standard InChI is InChI=1S/C16H13ClF3N3O3S/c17-12-4-1-10(2-5-12)8-27-9-15(24)22-21-13-6-3-11(16(18,19)20)7-14(13)23(25)26/h1-7,21H,8-9H2,(H,22,24). The molecule has 0 saturated heterocycles. The summed E-state index contributed by atoms with van der Waals surface area (Å²) in [7, 11) is 0. The molecule has 144 valence electrons. The van der Waals surface area contributed by atoms with Gasteiger partial charge in [-0.3, -0.25) is 25.8 Å². The summed E-state index contributed by atoms with van der Waals surface area (Å²) in [6, 6.07) is 9.07. The maximum Gasteiger partial charge on any atom is 0.416 e. The predicted octanol–water partition coefficient (Wildman–Crippen LogP) is 4.64. The lowest BCUT2D eigenvalue weighted by Crippen LogP contribution is -2.31. The molecule has 0 aliphatic carbocycles. The number of anilines is 1. The van der Waals surface area contributed by atoms with Crippen molar-refractivity contribution in [2.75, 3.05) is 11.2 Å². The number of amides is 1. The van der Waals surface area contributed by atoms with Crippen LogP contribution in [0.2, 0.25) is 5.02 Å². The molecule has 0 fully saturated rings. The van der Waals surface area contributed by atoms with Crippen LogP contribution in [0.1, 0.15) is 11.1 Å². The van der Waals surface area contributed by atoms with E-state index in [1.54, 1.807) is 12.1 Å². The number of nitrogens with zero attached hydrogens (tertiary/aromatic N) is 1. The van der Waals surface area contributed by atoms with Gasteiger partial charge in [0.15, 0.2) is 0 Å². The number of carbonyl (C=O) groups excluding carboxylic acids is 1. The smallest absolute Gasteiger partial charge is 0.292 e. The molecule has 0 aliphatic heterocycles. The van der Waals surface area contributed by atoms with E-state index < -0.39 is 28.3 Å². The van der Waals surface area contributed by atoms with Crippen LogP contribution in [-0.4, -0.2) is 16.6 Å². The van der Waals surface area contributed by atoms with Gasteiger partial charge in [0, 0.05) is 16.8 Å². The average molecular weight is 420 g/mol. The minimum atomic E-state index is -4.70. The van der Waals surface area contributed by atoms with E-state index in [1.807, 2.05) is 12.1 Å². The molecule has 0 aromatic heterocycles. The van der Waals surface area contributed by atoms with E-state index in [0.29, 0.717) is 22.9 Å². The third-order valence-electron chi connectivity index (χ3n) is 3.27. The molecule has 11 heteroatoms. The van der Waals surface area contributed by atoms with E-state index in [0.717, 1.165) is 11.6 Å². The number of hydrazine groups is 1. The van der Waals surface area contributed by atoms with Crippen molar-refractivity contribution in [2.24, 2.45) is 0 Å². The first-order valence-electron chi connectivity index (χ1n) is 7.39. The molecular formula is C16H13ClF3N3O3S. The molecule has 0 spiro atoms. The van der Waals surface area contributed by atoms with Gasteiger partial charge in [-0.05, 0) is 29.8 Å². The van der Waals surface area contributed by atoms with Gasteiger partial charge in [-0.15, -0.1) is 11.8 Å². The topological polar surface area (TPSA) is 84.3 Å². The van der Waals surface area contributed by atoms with Gasteiger partial charge in [0.2, 0.25) is 5.91 Å². The molecule has 6 nitrogen and oxygen atoms in total. The Bertz CT molecular complexity index is 832. The van der Waals surface area contributed by atoms with Crippen LogP contribution in [0.4, 0.5) is 24.5 Å². The number of halogens is 4. The van der Waals surface area contributed by atoms with Crippen molar-refractivity contribution in [2.45, 2.75) is 11.9 Å². The van der Waals surface area contributed by atoms with Crippen LogP contribution in [0.15, 0.2) is 42.5 Å². The Labute approximate surface area is 161 Å². The fourth-order valence-electron chi connectivity index (χ4n) is 1.98.